The number of hydrogen-bond donors (Lipinski definition) is 1. The van der Waals surface area contributed by atoms with Crippen molar-refractivity contribution >= 4 is 5.82 Å². The Bertz CT molecular complexity index is 425. The summed E-state index contributed by atoms with van der Waals surface area (Å²) in [6.45, 7) is 5.41. The standard InChI is InChI=1S/C15H25N3O3/c1-3-16-13-11-14(18-15(17-13)12-5-6-12)21-8-4-7-20-10-9-19-2/h11-12H,3-10H2,1-2H3,(H,16,17,18). The van der Waals surface area contributed by atoms with Crippen LogP contribution >= 0.6 is 0 Å². The number of anilines is 1. The summed E-state index contributed by atoms with van der Waals surface area (Å²) in [5.74, 6) is 2.92. The van der Waals surface area contributed by atoms with E-state index in [0.29, 0.717) is 38.2 Å². The summed E-state index contributed by atoms with van der Waals surface area (Å²) >= 11 is 0. The number of nitrogens with one attached hydrogen (secondary N) is 1. The van der Waals surface area contributed by atoms with Crippen molar-refractivity contribution in [1.29, 1.82) is 0 Å². The largest absolute Gasteiger partial charge is 0.477 e. The lowest BCUT2D eigenvalue weighted by atomic mass is 10.4. The number of hydrogen-bond acceptors (Lipinski definition) is 6. The maximum absolute atomic E-state index is 5.72. The molecule has 0 atom stereocenters. The molecule has 0 saturated heterocycles. The minimum absolute atomic E-state index is 0.517. The van der Waals surface area contributed by atoms with E-state index in [-0.39, 0.29) is 0 Å². The Kier molecular flexibility index (Phi) is 6.69. The summed E-state index contributed by atoms with van der Waals surface area (Å²) in [7, 11) is 1.67. The van der Waals surface area contributed by atoms with E-state index < -0.39 is 0 Å². The minimum atomic E-state index is 0.517. The third-order valence-corrected chi connectivity index (χ3v) is 3.14. The van der Waals surface area contributed by atoms with Crippen molar-refractivity contribution in [2.45, 2.75) is 32.1 Å². The van der Waals surface area contributed by atoms with E-state index in [2.05, 4.69) is 22.2 Å². The molecule has 21 heavy (non-hydrogen) atoms. The van der Waals surface area contributed by atoms with E-state index in [1.54, 1.807) is 7.11 Å². The van der Waals surface area contributed by atoms with Crippen molar-refractivity contribution in [3.8, 4) is 5.88 Å². The van der Waals surface area contributed by atoms with E-state index in [9.17, 15) is 0 Å². The smallest absolute Gasteiger partial charge is 0.218 e. The van der Waals surface area contributed by atoms with Gasteiger partial charge in [-0.3, -0.25) is 0 Å². The van der Waals surface area contributed by atoms with Gasteiger partial charge in [0.25, 0.3) is 0 Å². The second kappa shape index (κ2) is 8.79. The molecule has 1 aromatic heterocycles. The Morgan fingerprint density at radius 1 is 1.19 bits per heavy atom. The quantitative estimate of drug-likeness (QED) is 0.631. The van der Waals surface area contributed by atoms with Crippen LogP contribution in [0.4, 0.5) is 5.82 Å². The van der Waals surface area contributed by atoms with Crippen LogP contribution in [-0.2, 0) is 9.47 Å². The SMILES string of the molecule is CCNc1cc(OCCCOCCOC)nc(C2CC2)n1. The van der Waals surface area contributed by atoms with Crippen LogP contribution in [0.25, 0.3) is 0 Å². The third kappa shape index (κ3) is 5.85. The van der Waals surface area contributed by atoms with Gasteiger partial charge in [-0.1, -0.05) is 0 Å². The van der Waals surface area contributed by atoms with E-state index in [1.165, 1.54) is 12.8 Å². The second-order valence-electron chi connectivity index (χ2n) is 5.06. The predicted octanol–water partition coefficient (Wildman–Crippen LogP) is 2.22. The molecule has 1 aliphatic carbocycles. The Hall–Kier alpha value is -1.40. The van der Waals surface area contributed by atoms with Crippen molar-refractivity contribution in [1.82, 2.24) is 9.97 Å². The van der Waals surface area contributed by atoms with Crippen molar-refractivity contribution < 1.29 is 14.2 Å². The topological polar surface area (TPSA) is 65.5 Å². The molecular formula is C15H25N3O3. The van der Waals surface area contributed by atoms with E-state index in [0.717, 1.165) is 24.6 Å². The first-order valence-corrected chi connectivity index (χ1v) is 7.65. The van der Waals surface area contributed by atoms with Crippen LogP contribution in [0.5, 0.6) is 5.88 Å². The van der Waals surface area contributed by atoms with Crippen molar-refractivity contribution in [3.05, 3.63) is 11.9 Å². The fourth-order valence-corrected chi connectivity index (χ4v) is 1.89. The van der Waals surface area contributed by atoms with Gasteiger partial charge in [0.2, 0.25) is 5.88 Å². The maximum atomic E-state index is 5.72. The first kappa shape index (κ1) is 16.0. The lowest BCUT2D eigenvalue weighted by Gasteiger charge is -2.10. The van der Waals surface area contributed by atoms with Crippen molar-refractivity contribution in [2.75, 3.05) is 45.4 Å². The molecule has 1 N–H and O–H groups in total. The molecule has 0 unspecified atom stereocenters. The highest BCUT2D eigenvalue weighted by molar-refractivity contribution is 5.39. The fraction of sp³-hybridized carbons (Fsp3) is 0.733. The normalized spacial score (nSPS) is 14.2. The number of nitrogens with zero attached hydrogens (tertiary/aromatic N) is 2. The maximum Gasteiger partial charge on any atom is 0.218 e. The molecule has 118 valence electrons. The number of methoxy groups -OCH3 is 1. The van der Waals surface area contributed by atoms with Gasteiger partial charge in [-0.25, -0.2) is 4.98 Å². The summed E-state index contributed by atoms with van der Waals surface area (Å²) in [6, 6.07) is 1.86. The Morgan fingerprint density at radius 2 is 2.05 bits per heavy atom. The molecule has 0 radical (unpaired) electrons. The monoisotopic (exact) mass is 295 g/mol. The second-order valence-corrected chi connectivity index (χ2v) is 5.06. The fourth-order valence-electron chi connectivity index (χ4n) is 1.89. The van der Waals surface area contributed by atoms with Crippen molar-refractivity contribution in [2.24, 2.45) is 0 Å². The van der Waals surface area contributed by atoms with Crippen LogP contribution in [0.15, 0.2) is 6.07 Å². The molecule has 1 heterocycles. The highest BCUT2D eigenvalue weighted by Crippen LogP contribution is 2.39. The molecule has 1 saturated carbocycles. The zero-order valence-electron chi connectivity index (χ0n) is 12.9. The van der Waals surface area contributed by atoms with E-state index in [4.69, 9.17) is 14.2 Å². The predicted molar refractivity (Wildman–Crippen MR) is 81.0 cm³/mol. The van der Waals surface area contributed by atoms with Gasteiger partial charge in [-0.2, -0.15) is 4.98 Å². The van der Waals surface area contributed by atoms with Crippen LogP contribution in [0.2, 0.25) is 0 Å². The molecule has 2 rings (SSSR count). The van der Waals surface area contributed by atoms with Gasteiger partial charge in [0, 0.05) is 38.7 Å². The van der Waals surface area contributed by atoms with Crippen LogP contribution < -0.4 is 10.1 Å². The molecule has 6 nitrogen and oxygen atoms in total. The summed E-state index contributed by atoms with van der Waals surface area (Å²) < 4.78 is 16.0. The molecule has 1 fully saturated rings. The molecule has 6 heteroatoms. The average Bonchev–Trinajstić information content (AvgIpc) is 3.31. The van der Waals surface area contributed by atoms with Gasteiger partial charge in [0.05, 0.1) is 19.8 Å². The van der Waals surface area contributed by atoms with Crippen molar-refractivity contribution in [3.63, 3.8) is 0 Å². The zero-order valence-corrected chi connectivity index (χ0v) is 12.9. The number of rotatable bonds is 11. The van der Waals surface area contributed by atoms with Gasteiger partial charge < -0.3 is 19.5 Å². The molecular weight excluding hydrogens is 270 g/mol. The summed E-state index contributed by atoms with van der Waals surface area (Å²) in [5, 5.41) is 3.23. The van der Waals surface area contributed by atoms with Gasteiger partial charge in [0.15, 0.2) is 0 Å². The molecule has 1 aliphatic rings. The van der Waals surface area contributed by atoms with Crippen LogP contribution in [-0.4, -0.2) is 50.1 Å². The van der Waals surface area contributed by atoms with Crippen LogP contribution in [0.1, 0.15) is 37.9 Å². The molecule has 0 amide bonds. The zero-order chi connectivity index (χ0) is 14.9. The average molecular weight is 295 g/mol. The van der Waals surface area contributed by atoms with Gasteiger partial charge in [-0.05, 0) is 19.8 Å². The summed E-state index contributed by atoms with van der Waals surface area (Å²) in [4.78, 5) is 9.01. The number of aromatic nitrogens is 2. The third-order valence-electron chi connectivity index (χ3n) is 3.14. The lowest BCUT2D eigenvalue weighted by molar-refractivity contribution is 0.0642. The first-order valence-electron chi connectivity index (χ1n) is 7.65. The van der Waals surface area contributed by atoms with Gasteiger partial charge in [-0.15, -0.1) is 0 Å². The lowest BCUT2D eigenvalue weighted by Crippen LogP contribution is -2.09. The molecule has 0 bridgehead atoms. The summed E-state index contributed by atoms with van der Waals surface area (Å²) in [5.41, 5.74) is 0. The van der Waals surface area contributed by atoms with Gasteiger partial charge >= 0.3 is 0 Å². The van der Waals surface area contributed by atoms with E-state index in [1.807, 2.05) is 6.07 Å². The summed E-state index contributed by atoms with van der Waals surface area (Å²) in [6.07, 6.45) is 3.20. The minimum Gasteiger partial charge on any atom is -0.477 e. The molecule has 0 aromatic carbocycles. The number of ether oxygens (including phenoxy) is 3. The highest BCUT2D eigenvalue weighted by atomic mass is 16.5. The van der Waals surface area contributed by atoms with E-state index >= 15 is 0 Å². The first-order chi connectivity index (χ1) is 10.3. The molecule has 0 spiro atoms. The Morgan fingerprint density at radius 3 is 2.76 bits per heavy atom. The molecule has 0 aliphatic heterocycles. The molecule has 1 aromatic rings. The Labute approximate surface area is 126 Å². The highest BCUT2D eigenvalue weighted by Gasteiger charge is 2.27. The Balaban J connectivity index is 1.76. The van der Waals surface area contributed by atoms with Gasteiger partial charge in [0.1, 0.15) is 11.6 Å². The van der Waals surface area contributed by atoms with Crippen LogP contribution in [0, 0.1) is 0 Å². The van der Waals surface area contributed by atoms with Crippen LogP contribution in [0.3, 0.4) is 0 Å².